The van der Waals surface area contributed by atoms with Crippen LogP contribution in [-0.2, 0) is 11.2 Å². The summed E-state index contributed by atoms with van der Waals surface area (Å²) < 4.78 is 19.5. The van der Waals surface area contributed by atoms with E-state index in [9.17, 15) is 4.39 Å². The minimum absolute atomic E-state index is 0.0461. The quantitative estimate of drug-likeness (QED) is 0.689. The Labute approximate surface area is 174 Å². The lowest BCUT2D eigenvalue weighted by Crippen LogP contribution is -2.49. The molecule has 156 valence electrons. The third-order valence-corrected chi connectivity index (χ3v) is 6.80. The van der Waals surface area contributed by atoms with Crippen LogP contribution in [0.3, 0.4) is 0 Å². The van der Waals surface area contributed by atoms with E-state index in [1.165, 1.54) is 24.1 Å². The minimum Gasteiger partial charge on any atom is -0.379 e. The highest BCUT2D eigenvalue weighted by atomic mass is 19.1. The number of aromatic nitrogens is 3. The molecule has 30 heavy (non-hydrogen) atoms. The molecular weight excluding hydrogens is 381 g/mol. The number of rotatable bonds is 4. The highest BCUT2D eigenvalue weighted by molar-refractivity contribution is 5.88. The highest BCUT2D eigenvalue weighted by Crippen LogP contribution is 2.42. The van der Waals surface area contributed by atoms with Gasteiger partial charge in [-0.3, -0.25) is 4.90 Å². The van der Waals surface area contributed by atoms with Gasteiger partial charge in [-0.25, -0.2) is 14.4 Å². The molecule has 7 heteroatoms. The Hall–Kier alpha value is -2.51. The maximum absolute atomic E-state index is 13.9. The fraction of sp³-hybridized carbons (Fsp3) is 0.478. The summed E-state index contributed by atoms with van der Waals surface area (Å²) in [5.74, 6) is 1.32. The van der Waals surface area contributed by atoms with Gasteiger partial charge in [-0.1, -0.05) is 6.07 Å². The number of morpholine rings is 1. The summed E-state index contributed by atoms with van der Waals surface area (Å²) in [7, 11) is 0. The Morgan fingerprint density at radius 2 is 1.97 bits per heavy atom. The summed E-state index contributed by atoms with van der Waals surface area (Å²) in [6.45, 7) is 3.38. The average molecular weight is 407 g/mol. The van der Waals surface area contributed by atoms with Crippen molar-refractivity contribution in [2.75, 3.05) is 31.6 Å². The molecule has 1 aromatic carbocycles. The number of ether oxygens (including phenoxy) is 1. The van der Waals surface area contributed by atoms with Crippen LogP contribution in [0.15, 0.2) is 30.6 Å². The number of fused-ring (bicyclic) bond motifs is 2. The van der Waals surface area contributed by atoms with Crippen molar-refractivity contribution >= 4 is 16.9 Å². The first-order valence-corrected chi connectivity index (χ1v) is 11.0. The largest absolute Gasteiger partial charge is 0.379 e. The zero-order valence-corrected chi connectivity index (χ0v) is 16.9. The van der Waals surface area contributed by atoms with Crippen LogP contribution in [0, 0.1) is 5.82 Å². The van der Waals surface area contributed by atoms with Gasteiger partial charge in [-0.15, -0.1) is 0 Å². The second-order valence-electron chi connectivity index (χ2n) is 8.70. The summed E-state index contributed by atoms with van der Waals surface area (Å²) in [6, 6.07) is 7.78. The molecule has 0 radical (unpaired) electrons. The third-order valence-electron chi connectivity index (χ3n) is 6.80. The first kappa shape index (κ1) is 18.3. The van der Waals surface area contributed by atoms with Crippen LogP contribution in [-0.4, -0.2) is 52.2 Å². The maximum Gasteiger partial charge on any atom is 0.143 e. The van der Waals surface area contributed by atoms with Gasteiger partial charge in [0.05, 0.1) is 24.6 Å². The Kier molecular flexibility index (Phi) is 4.46. The molecular formula is C23H26FN5O. The molecule has 3 aromatic rings. The molecule has 2 aliphatic carbocycles. The summed E-state index contributed by atoms with van der Waals surface area (Å²) in [5, 5.41) is 4.78. The number of anilines is 1. The Bertz CT molecular complexity index is 1070. The maximum atomic E-state index is 13.9. The van der Waals surface area contributed by atoms with Crippen molar-refractivity contribution in [3.63, 3.8) is 0 Å². The van der Waals surface area contributed by atoms with Crippen molar-refractivity contribution < 1.29 is 9.13 Å². The van der Waals surface area contributed by atoms with E-state index < -0.39 is 0 Å². The normalized spacial score (nSPS) is 24.7. The van der Waals surface area contributed by atoms with E-state index in [-0.39, 0.29) is 11.9 Å². The number of benzene rings is 1. The van der Waals surface area contributed by atoms with Gasteiger partial charge in [0.15, 0.2) is 0 Å². The highest BCUT2D eigenvalue weighted by Gasteiger charge is 2.35. The van der Waals surface area contributed by atoms with Gasteiger partial charge in [0.1, 0.15) is 23.6 Å². The number of halogens is 1. The molecule has 0 unspecified atom stereocenters. The van der Waals surface area contributed by atoms with E-state index in [0.29, 0.717) is 12.0 Å². The summed E-state index contributed by atoms with van der Waals surface area (Å²) >= 11 is 0. The molecule has 6 nitrogen and oxygen atoms in total. The Morgan fingerprint density at radius 3 is 2.80 bits per heavy atom. The van der Waals surface area contributed by atoms with E-state index in [1.807, 2.05) is 6.07 Å². The molecule has 6 rings (SSSR count). The summed E-state index contributed by atoms with van der Waals surface area (Å²) in [6.07, 6.45) is 5.98. The first-order valence-electron chi connectivity index (χ1n) is 11.0. The number of nitrogens with one attached hydrogen (secondary N) is 2. The van der Waals surface area contributed by atoms with Gasteiger partial charge in [0.25, 0.3) is 0 Å². The fourth-order valence-electron chi connectivity index (χ4n) is 5.08. The lowest BCUT2D eigenvalue weighted by Gasteiger charge is -2.43. The molecule has 2 atom stereocenters. The van der Waals surface area contributed by atoms with Gasteiger partial charge in [0.2, 0.25) is 0 Å². The summed E-state index contributed by atoms with van der Waals surface area (Å²) in [5.41, 5.74) is 4.40. The second kappa shape index (κ2) is 7.32. The predicted octanol–water partition coefficient (Wildman–Crippen LogP) is 3.77. The van der Waals surface area contributed by atoms with Crippen LogP contribution in [0.5, 0.6) is 0 Å². The van der Waals surface area contributed by atoms with E-state index >= 15 is 0 Å². The molecule has 3 heterocycles. The number of H-pyrrole nitrogens is 1. The van der Waals surface area contributed by atoms with Crippen LogP contribution in [0.2, 0.25) is 0 Å². The molecule has 2 N–H and O–H groups in total. The topological polar surface area (TPSA) is 66.1 Å². The third kappa shape index (κ3) is 3.26. The van der Waals surface area contributed by atoms with Crippen LogP contribution < -0.4 is 5.32 Å². The van der Waals surface area contributed by atoms with Gasteiger partial charge >= 0.3 is 0 Å². The first-order chi connectivity index (χ1) is 14.8. The van der Waals surface area contributed by atoms with Crippen molar-refractivity contribution in [3.05, 3.63) is 53.2 Å². The molecule has 1 aliphatic heterocycles. The lowest BCUT2D eigenvalue weighted by molar-refractivity contribution is 0.00894. The van der Waals surface area contributed by atoms with Crippen LogP contribution in [0.25, 0.3) is 11.0 Å². The van der Waals surface area contributed by atoms with Gasteiger partial charge in [-0.2, -0.15) is 0 Å². The van der Waals surface area contributed by atoms with E-state index in [0.717, 1.165) is 61.6 Å². The second-order valence-corrected chi connectivity index (χ2v) is 8.70. The van der Waals surface area contributed by atoms with Gasteiger partial charge < -0.3 is 15.0 Å². The molecule has 0 bridgehead atoms. The number of nitrogens with zero attached hydrogens (tertiary/aromatic N) is 3. The summed E-state index contributed by atoms with van der Waals surface area (Å²) in [4.78, 5) is 15.0. The standard InChI is InChI=1S/C23H26FN5O/c24-16-4-5-17-15(11-16)3-6-20(29-7-9-30-10-8-29)21(17)28-23-18-12-19(14-1-2-14)27-22(18)25-13-26-23/h4-5,11-14,20-21H,1-3,6-10H2,(H2,25,26,27,28)/t20-,21-/m1/s1. The van der Waals surface area contributed by atoms with Crippen LogP contribution >= 0.6 is 0 Å². The molecule has 1 saturated carbocycles. The van der Waals surface area contributed by atoms with Crippen molar-refractivity contribution in [1.29, 1.82) is 0 Å². The molecule has 1 saturated heterocycles. The van der Waals surface area contributed by atoms with Crippen molar-refractivity contribution in [3.8, 4) is 0 Å². The molecule has 2 fully saturated rings. The van der Waals surface area contributed by atoms with Crippen molar-refractivity contribution in [2.45, 2.75) is 43.7 Å². The smallest absolute Gasteiger partial charge is 0.143 e. The molecule has 0 amide bonds. The zero-order chi connectivity index (χ0) is 20.1. The van der Waals surface area contributed by atoms with E-state index in [1.54, 1.807) is 18.5 Å². The number of hydrogen-bond donors (Lipinski definition) is 2. The van der Waals surface area contributed by atoms with Gasteiger partial charge in [0, 0.05) is 24.8 Å². The van der Waals surface area contributed by atoms with Crippen LogP contribution in [0.1, 0.15) is 48.0 Å². The zero-order valence-electron chi connectivity index (χ0n) is 16.9. The average Bonchev–Trinajstić information content (AvgIpc) is 3.53. The fourth-order valence-corrected chi connectivity index (χ4v) is 5.08. The molecule has 0 spiro atoms. The lowest BCUT2D eigenvalue weighted by atomic mass is 9.83. The number of hydrogen-bond acceptors (Lipinski definition) is 5. The SMILES string of the molecule is Fc1ccc2c(c1)CC[C@@H](N1CCOCC1)[C@@H]2Nc1ncnc2[nH]c(C3CC3)cc12. The van der Waals surface area contributed by atoms with Crippen LogP contribution in [0.4, 0.5) is 10.2 Å². The number of aromatic amines is 1. The van der Waals surface area contributed by atoms with Gasteiger partial charge in [-0.05, 0) is 60.9 Å². The molecule has 2 aromatic heterocycles. The van der Waals surface area contributed by atoms with Crippen molar-refractivity contribution in [1.82, 2.24) is 19.9 Å². The number of aryl methyl sites for hydroxylation is 1. The minimum atomic E-state index is -0.165. The Balaban J connectivity index is 1.39. The van der Waals surface area contributed by atoms with Crippen molar-refractivity contribution in [2.24, 2.45) is 0 Å². The van der Waals surface area contributed by atoms with E-state index in [2.05, 4.69) is 31.2 Å². The monoisotopic (exact) mass is 407 g/mol. The van der Waals surface area contributed by atoms with E-state index in [4.69, 9.17) is 4.74 Å². The molecule has 3 aliphatic rings. The predicted molar refractivity (Wildman–Crippen MR) is 113 cm³/mol. The Morgan fingerprint density at radius 1 is 1.10 bits per heavy atom.